The van der Waals surface area contributed by atoms with Gasteiger partial charge in [-0.05, 0) is 18.3 Å². The van der Waals surface area contributed by atoms with Gasteiger partial charge >= 0.3 is 0 Å². The van der Waals surface area contributed by atoms with E-state index < -0.39 is 0 Å². The summed E-state index contributed by atoms with van der Waals surface area (Å²) in [7, 11) is 0. The molecule has 1 saturated carbocycles. The van der Waals surface area contributed by atoms with E-state index >= 15 is 0 Å². The molecule has 4 nitrogen and oxygen atoms in total. The van der Waals surface area contributed by atoms with Crippen LogP contribution in [0.25, 0.3) is 0 Å². The molecule has 16 heavy (non-hydrogen) atoms. The number of unbranched alkanes of at least 4 members (excludes halogenated alkanes) is 1. The van der Waals surface area contributed by atoms with Crippen LogP contribution in [0.2, 0.25) is 0 Å². The summed E-state index contributed by atoms with van der Waals surface area (Å²) in [6, 6.07) is -0.0944. The van der Waals surface area contributed by atoms with Gasteiger partial charge in [0, 0.05) is 5.92 Å². The highest BCUT2D eigenvalue weighted by Crippen LogP contribution is 2.57. The highest BCUT2D eigenvalue weighted by atomic mass is 16.5. The van der Waals surface area contributed by atoms with Crippen LogP contribution < -0.4 is 5.73 Å². The van der Waals surface area contributed by atoms with E-state index in [1.165, 1.54) is 0 Å². The first-order valence-corrected chi connectivity index (χ1v) is 6.13. The van der Waals surface area contributed by atoms with Crippen molar-refractivity contribution in [3.63, 3.8) is 0 Å². The molecule has 2 unspecified atom stereocenters. The Kier molecular flexibility index (Phi) is 3.02. The standard InChI is InChI=1S/C12H21N3O/c1-4-5-6-9(13)11-14-10(15-16-11)8-7-12(8,2)3/h8-9H,4-7,13H2,1-3H3. The van der Waals surface area contributed by atoms with Crippen LogP contribution in [0, 0.1) is 5.41 Å². The Morgan fingerprint density at radius 2 is 2.25 bits per heavy atom. The lowest BCUT2D eigenvalue weighted by molar-refractivity contribution is 0.342. The van der Waals surface area contributed by atoms with Crippen molar-refractivity contribution < 1.29 is 4.52 Å². The van der Waals surface area contributed by atoms with Crippen molar-refractivity contribution in [3.05, 3.63) is 11.7 Å². The van der Waals surface area contributed by atoms with Crippen LogP contribution in [-0.4, -0.2) is 10.1 Å². The van der Waals surface area contributed by atoms with Crippen molar-refractivity contribution in [3.8, 4) is 0 Å². The van der Waals surface area contributed by atoms with Gasteiger partial charge in [-0.25, -0.2) is 0 Å². The average Bonchev–Trinajstić information content (AvgIpc) is 2.67. The highest BCUT2D eigenvalue weighted by molar-refractivity contribution is 5.14. The van der Waals surface area contributed by atoms with E-state index in [1.807, 2.05) is 0 Å². The third kappa shape index (κ3) is 2.26. The fourth-order valence-electron chi connectivity index (χ4n) is 1.99. The number of aromatic nitrogens is 2. The second-order valence-corrected chi connectivity index (χ2v) is 5.48. The number of hydrogen-bond donors (Lipinski definition) is 1. The van der Waals surface area contributed by atoms with E-state index in [-0.39, 0.29) is 6.04 Å². The Morgan fingerprint density at radius 1 is 1.56 bits per heavy atom. The van der Waals surface area contributed by atoms with Gasteiger partial charge in [0.1, 0.15) is 0 Å². The van der Waals surface area contributed by atoms with E-state index in [0.717, 1.165) is 31.5 Å². The van der Waals surface area contributed by atoms with Crippen LogP contribution in [0.15, 0.2) is 4.52 Å². The first kappa shape index (κ1) is 11.6. The maximum Gasteiger partial charge on any atom is 0.243 e. The molecule has 0 bridgehead atoms. The molecule has 0 aliphatic heterocycles. The monoisotopic (exact) mass is 223 g/mol. The van der Waals surface area contributed by atoms with Crippen molar-refractivity contribution >= 4 is 0 Å². The first-order valence-electron chi connectivity index (χ1n) is 6.13. The van der Waals surface area contributed by atoms with Crippen LogP contribution in [0.1, 0.15) is 70.1 Å². The topological polar surface area (TPSA) is 64.9 Å². The van der Waals surface area contributed by atoms with Gasteiger partial charge < -0.3 is 10.3 Å². The van der Waals surface area contributed by atoms with Crippen LogP contribution in [0.3, 0.4) is 0 Å². The third-order valence-electron chi connectivity index (χ3n) is 3.47. The molecule has 2 atom stereocenters. The second kappa shape index (κ2) is 4.17. The average molecular weight is 223 g/mol. The maximum absolute atomic E-state index is 5.99. The molecular formula is C12H21N3O. The Morgan fingerprint density at radius 3 is 2.81 bits per heavy atom. The van der Waals surface area contributed by atoms with E-state index in [9.17, 15) is 0 Å². The lowest BCUT2D eigenvalue weighted by atomic mass is 10.1. The Hall–Kier alpha value is -0.900. The van der Waals surface area contributed by atoms with Crippen molar-refractivity contribution in [1.82, 2.24) is 10.1 Å². The minimum Gasteiger partial charge on any atom is -0.338 e. The fourth-order valence-corrected chi connectivity index (χ4v) is 1.99. The summed E-state index contributed by atoms with van der Waals surface area (Å²) in [5, 5.41) is 4.04. The molecule has 0 saturated heterocycles. The van der Waals surface area contributed by atoms with Crippen molar-refractivity contribution in [2.24, 2.45) is 11.1 Å². The highest BCUT2D eigenvalue weighted by Gasteiger charge is 2.49. The zero-order valence-corrected chi connectivity index (χ0v) is 10.4. The largest absolute Gasteiger partial charge is 0.338 e. The molecule has 2 N–H and O–H groups in total. The van der Waals surface area contributed by atoms with E-state index in [2.05, 4.69) is 30.9 Å². The van der Waals surface area contributed by atoms with E-state index in [4.69, 9.17) is 10.3 Å². The van der Waals surface area contributed by atoms with Crippen LogP contribution in [-0.2, 0) is 0 Å². The summed E-state index contributed by atoms with van der Waals surface area (Å²) in [4.78, 5) is 4.42. The fraction of sp³-hybridized carbons (Fsp3) is 0.833. The molecule has 0 spiro atoms. The van der Waals surface area contributed by atoms with Gasteiger partial charge in [0.05, 0.1) is 6.04 Å². The van der Waals surface area contributed by atoms with Gasteiger partial charge in [-0.3, -0.25) is 0 Å². The maximum atomic E-state index is 5.99. The minimum absolute atomic E-state index is 0.0944. The molecule has 2 rings (SSSR count). The molecule has 1 aromatic rings. The summed E-state index contributed by atoms with van der Waals surface area (Å²) < 4.78 is 5.23. The van der Waals surface area contributed by atoms with Crippen molar-refractivity contribution in [1.29, 1.82) is 0 Å². The van der Waals surface area contributed by atoms with Crippen molar-refractivity contribution in [2.75, 3.05) is 0 Å². The summed E-state index contributed by atoms with van der Waals surface area (Å²) in [5.74, 6) is 1.90. The smallest absolute Gasteiger partial charge is 0.243 e. The molecule has 90 valence electrons. The summed E-state index contributed by atoms with van der Waals surface area (Å²) in [5.41, 5.74) is 6.33. The first-order chi connectivity index (χ1) is 7.54. The van der Waals surface area contributed by atoms with Gasteiger partial charge in [-0.15, -0.1) is 0 Å². The Balaban J connectivity index is 1.97. The van der Waals surface area contributed by atoms with Gasteiger partial charge in [0.25, 0.3) is 0 Å². The number of hydrogen-bond acceptors (Lipinski definition) is 4. The minimum atomic E-state index is -0.0944. The van der Waals surface area contributed by atoms with Crippen LogP contribution in [0.5, 0.6) is 0 Å². The Bertz CT molecular complexity index is 359. The number of rotatable bonds is 5. The van der Waals surface area contributed by atoms with Gasteiger partial charge in [0.2, 0.25) is 5.89 Å². The van der Waals surface area contributed by atoms with E-state index in [0.29, 0.717) is 17.2 Å². The lowest BCUT2D eigenvalue weighted by Crippen LogP contribution is -2.10. The SMILES string of the molecule is CCCCC(N)c1nc(C2CC2(C)C)no1. The predicted molar refractivity (Wildman–Crippen MR) is 61.9 cm³/mol. The zero-order chi connectivity index (χ0) is 11.8. The summed E-state index contributed by atoms with van der Waals surface area (Å²) >= 11 is 0. The lowest BCUT2D eigenvalue weighted by Gasteiger charge is -2.03. The molecule has 0 aromatic carbocycles. The quantitative estimate of drug-likeness (QED) is 0.833. The van der Waals surface area contributed by atoms with Crippen molar-refractivity contribution in [2.45, 2.75) is 58.4 Å². The molecule has 0 radical (unpaired) electrons. The molecule has 1 aliphatic rings. The molecular weight excluding hydrogens is 202 g/mol. The van der Waals surface area contributed by atoms with Crippen LogP contribution >= 0.6 is 0 Å². The van der Waals surface area contributed by atoms with Gasteiger partial charge in [-0.1, -0.05) is 38.8 Å². The molecule has 1 aliphatic carbocycles. The molecule has 0 amide bonds. The molecule has 1 heterocycles. The normalized spacial score (nSPS) is 24.4. The second-order valence-electron chi connectivity index (χ2n) is 5.48. The van der Waals surface area contributed by atoms with E-state index in [1.54, 1.807) is 0 Å². The number of nitrogens with two attached hydrogens (primary N) is 1. The molecule has 1 aromatic heterocycles. The van der Waals surface area contributed by atoms with Gasteiger partial charge in [0.15, 0.2) is 5.82 Å². The van der Waals surface area contributed by atoms with Gasteiger partial charge in [-0.2, -0.15) is 4.98 Å². The predicted octanol–water partition coefficient (Wildman–Crippen LogP) is 2.77. The molecule has 1 fully saturated rings. The Labute approximate surface area is 96.6 Å². The zero-order valence-electron chi connectivity index (χ0n) is 10.4. The van der Waals surface area contributed by atoms with Crippen LogP contribution in [0.4, 0.5) is 0 Å². The third-order valence-corrected chi connectivity index (χ3v) is 3.47. The number of nitrogens with zero attached hydrogens (tertiary/aromatic N) is 2. The summed E-state index contributed by atoms with van der Waals surface area (Å²) in [6.07, 6.45) is 4.32. The molecule has 4 heteroatoms. The summed E-state index contributed by atoms with van der Waals surface area (Å²) in [6.45, 7) is 6.61.